The highest BCUT2D eigenvalue weighted by molar-refractivity contribution is 7.16. The molecule has 2 aromatic rings. The zero-order chi connectivity index (χ0) is 15.8. The van der Waals surface area contributed by atoms with Gasteiger partial charge in [-0.3, -0.25) is 0 Å². The average Bonchev–Trinajstić information content (AvgIpc) is 2.80. The van der Waals surface area contributed by atoms with Gasteiger partial charge in [0.2, 0.25) is 0 Å². The lowest BCUT2D eigenvalue weighted by atomic mass is 9.95. The molecule has 1 atom stereocenters. The van der Waals surface area contributed by atoms with Crippen molar-refractivity contribution < 1.29 is 0 Å². The van der Waals surface area contributed by atoms with E-state index in [9.17, 15) is 0 Å². The summed E-state index contributed by atoms with van der Waals surface area (Å²) in [7, 11) is 0. The predicted molar refractivity (Wildman–Crippen MR) is 91.2 cm³/mol. The van der Waals surface area contributed by atoms with Gasteiger partial charge in [0.15, 0.2) is 0 Å². The first-order valence-electron chi connectivity index (χ1n) is 6.85. The van der Waals surface area contributed by atoms with Gasteiger partial charge in [0.05, 0.1) is 10.4 Å². The van der Waals surface area contributed by atoms with Crippen molar-refractivity contribution in [2.45, 2.75) is 46.1 Å². The molecule has 0 radical (unpaired) electrons. The van der Waals surface area contributed by atoms with E-state index in [4.69, 9.17) is 17.3 Å². The summed E-state index contributed by atoms with van der Waals surface area (Å²) in [5.41, 5.74) is 6.75. The Balaban J connectivity index is 2.33. The van der Waals surface area contributed by atoms with Crippen LogP contribution >= 0.6 is 22.9 Å². The molecule has 3 N–H and O–H groups in total. The van der Waals surface area contributed by atoms with E-state index in [2.05, 4.69) is 43.0 Å². The Bertz CT molecular complexity index is 646. The van der Waals surface area contributed by atoms with E-state index in [1.165, 1.54) is 0 Å². The van der Waals surface area contributed by atoms with E-state index < -0.39 is 0 Å². The Morgan fingerprint density at radius 2 is 1.95 bits per heavy atom. The smallest absolute Gasteiger partial charge is 0.138 e. The molecule has 0 aromatic carbocycles. The summed E-state index contributed by atoms with van der Waals surface area (Å²) in [5, 5.41) is 3.41. The van der Waals surface area contributed by atoms with Gasteiger partial charge in [-0.25, -0.2) is 9.97 Å². The maximum absolute atomic E-state index is 6.03. The minimum absolute atomic E-state index is 0.114. The van der Waals surface area contributed by atoms with Crippen LogP contribution in [-0.4, -0.2) is 9.97 Å². The second-order valence-electron chi connectivity index (χ2n) is 6.16. The second kappa shape index (κ2) is 5.81. The van der Waals surface area contributed by atoms with Gasteiger partial charge in [-0.2, -0.15) is 0 Å². The highest BCUT2D eigenvalue weighted by Crippen LogP contribution is 2.31. The summed E-state index contributed by atoms with van der Waals surface area (Å²) in [6.07, 6.45) is 0. The zero-order valence-electron chi connectivity index (χ0n) is 13.0. The van der Waals surface area contributed by atoms with E-state index in [1.807, 2.05) is 19.1 Å². The summed E-state index contributed by atoms with van der Waals surface area (Å²) in [5.74, 6) is 2.04. The number of hydrogen-bond acceptors (Lipinski definition) is 5. The first-order chi connectivity index (χ1) is 9.68. The van der Waals surface area contributed by atoms with E-state index in [0.717, 1.165) is 26.4 Å². The molecule has 0 bridgehead atoms. The molecule has 0 saturated heterocycles. The van der Waals surface area contributed by atoms with Gasteiger partial charge in [0.25, 0.3) is 0 Å². The van der Waals surface area contributed by atoms with E-state index in [0.29, 0.717) is 5.82 Å². The fraction of sp³-hybridized carbons (Fsp3) is 0.467. The average molecular weight is 325 g/mol. The Morgan fingerprint density at radius 1 is 1.29 bits per heavy atom. The summed E-state index contributed by atoms with van der Waals surface area (Å²) in [6.45, 7) is 10.2. The number of rotatable bonds is 3. The lowest BCUT2D eigenvalue weighted by Gasteiger charge is -2.21. The molecule has 0 saturated carbocycles. The Morgan fingerprint density at radius 3 is 2.48 bits per heavy atom. The largest absolute Gasteiger partial charge is 0.383 e. The zero-order valence-corrected chi connectivity index (χ0v) is 14.6. The normalized spacial score (nSPS) is 13.2. The lowest BCUT2D eigenvalue weighted by molar-refractivity contribution is 0.546. The quantitative estimate of drug-likeness (QED) is 0.869. The number of nitrogens with one attached hydrogen (secondary N) is 1. The number of thiophene rings is 1. The molecular weight excluding hydrogens is 304 g/mol. The number of nitrogens with two attached hydrogens (primary N) is 1. The number of aromatic nitrogens is 2. The third-order valence-electron chi connectivity index (χ3n) is 3.23. The van der Waals surface area contributed by atoms with Crippen LogP contribution in [0.4, 0.5) is 11.6 Å². The van der Waals surface area contributed by atoms with E-state index >= 15 is 0 Å². The van der Waals surface area contributed by atoms with E-state index in [-0.39, 0.29) is 11.5 Å². The van der Waals surface area contributed by atoms with Gasteiger partial charge in [-0.15, -0.1) is 11.3 Å². The monoisotopic (exact) mass is 324 g/mol. The topological polar surface area (TPSA) is 63.8 Å². The molecule has 21 heavy (non-hydrogen) atoms. The Labute approximate surface area is 134 Å². The molecule has 0 aliphatic heterocycles. The molecule has 0 spiro atoms. The number of nitrogens with zero attached hydrogens (tertiary/aromatic N) is 2. The van der Waals surface area contributed by atoms with Crippen molar-refractivity contribution in [1.29, 1.82) is 0 Å². The Kier molecular flexibility index (Phi) is 4.44. The number of hydrogen-bond donors (Lipinski definition) is 2. The van der Waals surface area contributed by atoms with Gasteiger partial charge < -0.3 is 11.1 Å². The van der Waals surface area contributed by atoms with Gasteiger partial charge >= 0.3 is 0 Å². The fourth-order valence-corrected chi connectivity index (χ4v) is 2.91. The van der Waals surface area contributed by atoms with Crippen molar-refractivity contribution in [3.8, 4) is 0 Å². The minimum atomic E-state index is -0.145. The molecule has 1 unspecified atom stereocenters. The van der Waals surface area contributed by atoms with Gasteiger partial charge in [-0.05, 0) is 26.0 Å². The summed E-state index contributed by atoms with van der Waals surface area (Å²) >= 11 is 7.56. The van der Waals surface area contributed by atoms with Crippen LogP contribution < -0.4 is 11.1 Å². The van der Waals surface area contributed by atoms with Crippen LogP contribution in [0.5, 0.6) is 0 Å². The number of nitrogen functional groups attached to an aromatic ring is 1. The minimum Gasteiger partial charge on any atom is -0.383 e. The van der Waals surface area contributed by atoms with Crippen LogP contribution in [0, 0.1) is 6.92 Å². The third kappa shape index (κ3) is 3.66. The maximum Gasteiger partial charge on any atom is 0.138 e. The van der Waals surface area contributed by atoms with Gasteiger partial charge in [0.1, 0.15) is 17.5 Å². The van der Waals surface area contributed by atoms with Crippen LogP contribution in [0.2, 0.25) is 4.34 Å². The lowest BCUT2D eigenvalue weighted by Crippen LogP contribution is -2.20. The summed E-state index contributed by atoms with van der Waals surface area (Å²) in [6, 6.07) is 4.04. The molecule has 2 rings (SSSR count). The SMILES string of the molecule is Cc1c(N)nc(C(C)(C)C)nc1NC(C)c1ccc(Cl)s1. The maximum atomic E-state index is 6.03. The van der Waals surface area contributed by atoms with Crippen LogP contribution in [0.15, 0.2) is 12.1 Å². The molecule has 0 aliphatic carbocycles. The third-order valence-corrected chi connectivity index (χ3v) is 4.64. The van der Waals surface area contributed by atoms with Crippen LogP contribution in [0.25, 0.3) is 0 Å². The molecule has 0 fully saturated rings. The first kappa shape index (κ1) is 16.0. The molecule has 0 amide bonds. The highest BCUT2D eigenvalue weighted by atomic mass is 35.5. The van der Waals surface area contributed by atoms with Crippen molar-refractivity contribution in [1.82, 2.24) is 9.97 Å². The first-order valence-corrected chi connectivity index (χ1v) is 8.04. The van der Waals surface area contributed by atoms with Crippen molar-refractivity contribution in [2.75, 3.05) is 11.1 Å². The number of anilines is 2. The fourth-order valence-electron chi connectivity index (χ4n) is 1.85. The predicted octanol–water partition coefficient (Wildman–Crippen LogP) is 4.55. The molecule has 2 heterocycles. The van der Waals surface area contributed by atoms with Crippen LogP contribution in [0.3, 0.4) is 0 Å². The molecule has 6 heteroatoms. The van der Waals surface area contributed by atoms with Crippen molar-refractivity contribution >= 4 is 34.6 Å². The van der Waals surface area contributed by atoms with Crippen LogP contribution in [-0.2, 0) is 5.41 Å². The highest BCUT2D eigenvalue weighted by Gasteiger charge is 2.21. The van der Waals surface area contributed by atoms with Crippen molar-refractivity contribution in [2.24, 2.45) is 0 Å². The standard InChI is InChI=1S/C15H21ClN4S/c1-8-12(17)19-14(15(3,4)5)20-13(8)18-9(2)10-6-7-11(16)21-10/h6-7,9H,1-5H3,(H3,17,18,19,20). The van der Waals surface area contributed by atoms with Crippen molar-refractivity contribution in [3.63, 3.8) is 0 Å². The summed E-state index contributed by atoms with van der Waals surface area (Å²) < 4.78 is 0.785. The van der Waals surface area contributed by atoms with Gasteiger partial charge in [-0.1, -0.05) is 32.4 Å². The van der Waals surface area contributed by atoms with Crippen LogP contribution in [0.1, 0.15) is 50.0 Å². The molecule has 114 valence electrons. The second-order valence-corrected chi connectivity index (χ2v) is 7.91. The van der Waals surface area contributed by atoms with Gasteiger partial charge in [0, 0.05) is 15.9 Å². The molecule has 4 nitrogen and oxygen atoms in total. The molecular formula is C15H21ClN4S. The van der Waals surface area contributed by atoms with E-state index in [1.54, 1.807) is 11.3 Å². The summed E-state index contributed by atoms with van der Waals surface area (Å²) in [4.78, 5) is 10.2. The Hall–Kier alpha value is -1.33. The van der Waals surface area contributed by atoms with Crippen molar-refractivity contribution in [3.05, 3.63) is 32.7 Å². The number of halogens is 1. The molecule has 2 aromatic heterocycles. The molecule has 0 aliphatic rings.